The van der Waals surface area contributed by atoms with Crippen molar-refractivity contribution in [3.63, 3.8) is 0 Å². The van der Waals surface area contributed by atoms with Crippen LogP contribution in [0, 0.1) is 17.3 Å². The van der Waals surface area contributed by atoms with E-state index in [1.165, 1.54) is 12.5 Å². The fourth-order valence-electron chi connectivity index (χ4n) is 2.21. The summed E-state index contributed by atoms with van der Waals surface area (Å²) in [6, 6.07) is -0.820. The summed E-state index contributed by atoms with van der Waals surface area (Å²) < 4.78 is 0. The molecular weight excluding hydrogens is 302 g/mol. The van der Waals surface area contributed by atoms with Gasteiger partial charge in [0.2, 0.25) is 11.8 Å². The van der Waals surface area contributed by atoms with Gasteiger partial charge in [0.05, 0.1) is 5.92 Å². The van der Waals surface area contributed by atoms with E-state index in [9.17, 15) is 19.5 Å². The second-order valence-electron chi connectivity index (χ2n) is 7.08. The zero-order valence-electron chi connectivity index (χ0n) is 14.6. The highest BCUT2D eigenvalue weighted by atomic mass is 16.5. The zero-order chi connectivity index (χ0) is 18.4. The molecule has 1 unspecified atom stereocenters. The highest BCUT2D eigenvalue weighted by Crippen LogP contribution is 2.22. The second-order valence-corrected chi connectivity index (χ2v) is 7.08. The molecule has 0 aliphatic carbocycles. The van der Waals surface area contributed by atoms with Crippen LogP contribution in [-0.4, -0.2) is 47.2 Å². The molecular formula is C15H29N3O5. The summed E-state index contributed by atoms with van der Waals surface area (Å²) in [6.07, 6.45) is -1.47. The van der Waals surface area contributed by atoms with E-state index in [0.717, 1.165) is 0 Å². The molecule has 5 N–H and O–H groups in total. The number of rotatable bonds is 7. The molecule has 23 heavy (non-hydrogen) atoms. The van der Waals surface area contributed by atoms with Gasteiger partial charge >= 0.3 is 0 Å². The van der Waals surface area contributed by atoms with E-state index in [1.54, 1.807) is 20.8 Å². The summed E-state index contributed by atoms with van der Waals surface area (Å²) in [7, 11) is 1.47. The predicted molar refractivity (Wildman–Crippen MR) is 84.3 cm³/mol. The minimum atomic E-state index is -1.70. The highest BCUT2D eigenvalue weighted by molar-refractivity contribution is 5.92. The second kappa shape index (κ2) is 8.83. The topological polar surface area (TPSA) is 128 Å². The molecule has 0 aliphatic rings. The van der Waals surface area contributed by atoms with Gasteiger partial charge < -0.3 is 15.7 Å². The molecule has 0 saturated heterocycles. The van der Waals surface area contributed by atoms with Crippen molar-refractivity contribution in [2.75, 3.05) is 7.05 Å². The van der Waals surface area contributed by atoms with E-state index < -0.39 is 35.3 Å². The number of amides is 3. The zero-order valence-corrected chi connectivity index (χ0v) is 14.6. The maximum atomic E-state index is 12.5. The number of aliphatic hydroxyl groups is 1. The van der Waals surface area contributed by atoms with Crippen molar-refractivity contribution in [2.45, 2.75) is 53.2 Å². The standard InChI is InChI=1S/C15H29N3O5/c1-8(2)7-9(10(19)13(21)18-23)12(20)17-11(14(22)16-6)15(3,4)5/h8-11,19,23H,7H2,1-6H3,(H,16,22)(H,17,20)(H,18,21)/t9?,10-,11+/m0/s1. The minimum Gasteiger partial charge on any atom is -0.382 e. The van der Waals surface area contributed by atoms with Crippen molar-refractivity contribution >= 4 is 17.7 Å². The summed E-state index contributed by atoms with van der Waals surface area (Å²) in [4.78, 5) is 35.9. The van der Waals surface area contributed by atoms with Crippen molar-refractivity contribution in [1.29, 1.82) is 0 Å². The van der Waals surface area contributed by atoms with Crippen molar-refractivity contribution in [3.05, 3.63) is 0 Å². The summed E-state index contributed by atoms with van der Waals surface area (Å²) in [5.41, 5.74) is 0.789. The first kappa shape index (κ1) is 21.3. The Morgan fingerprint density at radius 1 is 1.04 bits per heavy atom. The van der Waals surface area contributed by atoms with Gasteiger partial charge in [0.1, 0.15) is 12.1 Å². The molecule has 0 rings (SSSR count). The van der Waals surface area contributed by atoms with Gasteiger partial charge in [-0.05, 0) is 17.8 Å². The average Bonchev–Trinajstić information content (AvgIpc) is 2.46. The lowest BCUT2D eigenvalue weighted by Crippen LogP contribution is -2.56. The Morgan fingerprint density at radius 2 is 1.57 bits per heavy atom. The molecule has 0 aromatic rings. The van der Waals surface area contributed by atoms with Crippen molar-refractivity contribution in [3.8, 4) is 0 Å². The van der Waals surface area contributed by atoms with Gasteiger partial charge in [0.15, 0.2) is 0 Å². The van der Waals surface area contributed by atoms with Gasteiger partial charge in [-0.25, -0.2) is 5.48 Å². The molecule has 0 aromatic heterocycles. The lowest BCUT2D eigenvalue weighted by Gasteiger charge is -2.32. The van der Waals surface area contributed by atoms with E-state index >= 15 is 0 Å². The number of hydroxylamine groups is 1. The van der Waals surface area contributed by atoms with E-state index in [4.69, 9.17) is 5.21 Å². The molecule has 8 heteroatoms. The highest BCUT2D eigenvalue weighted by Gasteiger charge is 2.38. The first-order valence-electron chi connectivity index (χ1n) is 7.59. The van der Waals surface area contributed by atoms with Gasteiger partial charge in [0, 0.05) is 7.05 Å². The Bertz CT molecular complexity index is 431. The van der Waals surface area contributed by atoms with Gasteiger partial charge in [-0.2, -0.15) is 0 Å². The maximum absolute atomic E-state index is 12.5. The largest absolute Gasteiger partial charge is 0.382 e. The molecule has 0 aliphatic heterocycles. The number of carbonyl (C=O) groups excluding carboxylic acids is 3. The summed E-state index contributed by atoms with van der Waals surface area (Å²) >= 11 is 0. The Balaban J connectivity index is 5.35. The van der Waals surface area contributed by atoms with E-state index in [1.807, 2.05) is 13.8 Å². The number of hydrogen-bond acceptors (Lipinski definition) is 5. The summed E-state index contributed by atoms with van der Waals surface area (Å²) in [5.74, 6) is -3.08. The normalized spacial score (nSPS) is 15.5. The third-order valence-corrected chi connectivity index (χ3v) is 3.48. The summed E-state index contributed by atoms with van der Waals surface area (Å²) in [5, 5.41) is 23.7. The minimum absolute atomic E-state index is 0.0278. The van der Waals surface area contributed by atoms with Crippen LogP contribution in [0.2, 0.25) is 0 Å². The van der Waals surface area contributed by atoms with Crippen molar-refractivity contribution < 1.29 is 24.7 Å². The third-order valence-electron chi connectivity index (χ3n) is 3.48. The fourth-order valence-corrected chi connectivity index (χ4v) is 2.21. The molecule has 134 valence electrons. The van der Waals surface area contributed by atoms with Gasteiger partial charge in [-0.15, -0.1) is 0 Å². The Kier molecular flexibility index (Phi) is 8.19. The van der Waals surface area contributed by atoms with Crippen LogP contribution in [0.15, 0.2) is 0 Å². The summed E-state index contributed by atoms with van der Waals surface area (Å²) in [6.45, 7) is 9.05. The van der Waals surface area contributed by atoms with Crippen LogP contribution in [0.4, 0.5) is 0 Å². The average molecular weight is 331 g/mol. The first-order valence-corrected chi connectivity index (χ1v) is 7.59. The molecule has 0 fully saturated rings. The first-order chi connectivity index (χ1) is 10.4. The van der Waals surface area contributed by atoms with Crippen LogP contribution in [-0.2, 0) is 14.4 Å². The number of hydrogen-bond donors (Lipinski definition) is 5. The molecule has 3 atom stereocenters. The fraction of sp³-hybridized carbons (Fsp3) is 0.800. The quantitative estimate of drug-likeness (QED) is 0.326. The number of aliphatic hydroxyl groups excluding tert-OH is 1. The lowest BCUT2D eigenvalue weighted by atomic mass is 9.84. The number of likely N-dealkylation sites (N-methyl/N-ethyl adjacent to an activating group) is 1. The van der Waals surface area contributed by atoms with E-state index in [-0.39, 0.29) is 18.2 Å². The van der Waals surface area contributed by atoms with Gasteiger partial charge in [0.25, 0.3) is 5.91 Å². The monoisotopic (exact) mass is 331 g/mol. The number of carbonyl (C=O) groups is 3. The van der Waals surface area contributed by atoms with Crippen LogP contribution < -0.4 is 16.1 Å². The van der Waals surface area contributed by atoms with Gasteiger partial charge in [-0.1, -0.05) is 34.6 Å². The predicted octanol–water partition coefficient (Wildman–Crippen LogP) is -0.208. The molecule has 0 saturated carbocycles. The van der Waals surface area contributed by atoms with E-state index in [0.29, 0.717) is 0 Å². The van der Waals surface area contributed by atoms with Crippen LogP contribution >= 0.6 is 0 Å². The smallest absolute Gasteiger partial charge is 0.272 e. The molecule has 0 spiro atoms. The maximum Gasteiger partial charge on any atom is 0.272 e. The SMILES string of the molecule is CNC(=O)[C@@H](NC(=O)C(CC(C)C)[C@H](O)C(=O)NO)C(C)(C)C. The van der Waals surface area contributed by atoms with Crippen LogP contribution in [0.25, 0.3) is 0 Å². The van der Waals surface area contributed by atoms with Crippen LogP contribution in [0.5, 0.6) is 0 Å². The molecule has 0 heterocycles. The van der Waals surface area contributed by atoms with Crippen LogP contribution in [0.3, 0.4) is 0 Å². The Morgan fingerprint density at radius 3 is 1.91 bits per heavy atom. The Labute approximate surface area is 137 Å². The Hall–Kier alpha value is -1.67. The molecule has 0 radical (unpaired) electrons. The van der Waals surface area contributed by atoms with Crippen LogP contribution in [0.1, 0.15) is 41.0 Å². The van der Waals surface area contributed by atoms with Crippen molar-refractivity contribution in [2.24, 2.45) is 17.3 Å². The number of nitrogens with one attached hydrogen (secondary N) is 3. The van der Waals surface area contributed by atoms with Crippen molar-refractivity contribution in [1.82, 2.24) is 16.1 Å². The van der Waals surface area contributed by atoms with E-state index in [2.05, 4.69) is 10.6 Å². The molecule has 3 amide bonds. The third kappa shape index (κ3) is 6.54. The molecule has 8 nitrogen and oxygen atoms in total. The molecule has 0 aromatic carbocycles. The van der Waals surface area contributed by atoms with Gasteiger partial charge in [-0.3, -0.25) is 19.6 Å². The molecule has 0 bridgehead atoms. The lowest BCUT2D eigenvalue weighted by molar-refractivity contribution is -0.147.